The molecule has 0 fully saturated rings. The van der Waals surface area contributed by atoms with E-state index >= 15 is 0 Å². The van der Waals surface area contributed by atoms with E-state index in [1.807, 2.05) is 65.8 Å². The Morgan fingerprint density at radius 3 is 2.19 bits per heavy atom. The minimum Gasteiger partial charge on any atom is -0.459 e. The molecule has 0 aliphatic heterocycles. The molecular formula is C21H30N2O4. The molecule has 0 saturated heterocycles. The van der Waals surface area contributed by atoms with E-state index < -0.39 is 23.3 Å². The van der Waals surface area contributed by atoms with Gasteiger partial charge < -0.3 is 14.8 Å². The van der Waals surface area contributed by atoms with Crippen LogP contribution in [0.2, 0.25) is 0 Å². The van der Waals surface area contributed by atoms with E-state index in [2.05, 4.69) is 5.32 Å². The van der Waals surface area contributed by atoms with Crippen LogP contribution in [0.4, 0.5) is 4.79 Å². The van der Waals surface area contributed by atoms with Gasteiger partial charge in [-0.15, -0.1) is 0 Å². The Hall–Kier alpha value is -2.34. The van der Waals surface area contributed by atoms with Crippen LogP contribution in [0.3, 0.4) is 0 Å². The fourth-order valence-corrected chi connectivity index (χ4v) is 2.77. The number of nitrogens with one attached hydrogen (secondary N) is 1. The molecule has 1 N–H and O–H groups in total. The van der Waals surface area contributed by atoms with Crippen molar-refractivity contribution in [2.24, 2.45) is 0 Å². The van der Waals surface area contributed by atoms with Crippen LogP contribution in [-0.2, 0) is 20.7 Å². The van der Waals surface area contributed by atoms with Crippen molar-refractivity contribution in [1.82, 2.24) is 9.88 Å². The first-order chi connectivity index (χ1) is 12.4. The minimum atomic E-state index is -0.591. The summed E-state index contributed by atoms with van der Waals surface area (Å²) in [7, 11) is 1.72. The fourth-order valence-electron chi connectivity index (χ4n) is 2.77. The summed E-state index contributed by atoms with van der Waals surface area (Å²) in [5.74, 6) is -0.320. The van der Waals surface area contributed by atoms with Gasteiger partial charge in [0, 0.05) is 18.0 Å². The van der Waals surface area contributed by atoms with Crippen molar-refractivity contribution in [3.05, 3.63) is 36.0 Å². The Kier molecular flexibility index (Phi) is 6.00. The number of nitrogens with zero attached hydrogens (tertiary/aromatic N) is 1. The molecule has 0 radical (unpaired) electrons. The maximum Gasteiger partial charge on any atom is 0.419 e. The molecule has 6 heteroatoms. The van der Waals surface area contributed by atoms with Crippen molar-refractivity contribution in [1.29, 1.82) is 0 Å². The highest BCUT2D eigenvalue weighted by atomic mass is 16.6. The molecule has 1 aromatic carbocycles. The first-order valence-corrected chi connectivity index (χ1v) is 9.14. The molecule has 0 aliphatic rings. The highest BCUT2D eigenvalue weighted by Crippen LogP contribution is 2.24. The molecule has 0 spiro atoms. The minimum absolute atomic E-state index is 0.320. The zero-order valence-corrected chi connectivity index (χ0v) is 17.3. The molecule has 2 rings (SSSR count). The third-order valence-corrected chi connectivity index (χ3v) is 3.85. The van der Waals surface area contributed by atoms with Crippen LogP contribution in [0.25, 0.3) is 10.9 Å². The van der Waals surface area contributed by atoms with Crippen LogP contribution in [0.15, 0.2) is 30.5 Å². The number of rotatable bonds is 4. The van der Waals surface area contributed by atoms with Crippen LogP contribution in [-0.4, -0.2) is 40.9 Å². The van der Waals surface area contributed by atoms with E-state index in [1.165, 1.54) is 4.57 Å². The molecule has 0 amide bonds. The summed E-state index contributed by atoms with van der Waals surface area (Å²) < 4.78 is 12.5. The Morgan fingerprint density at radius 2 is 1.63 bits per heavy atom. The Bertz CT molecular complexity index is 825. The number of hydrogen-bond acceptors (Lipinski definition) is 5. The van der Waals surface area contributed by atoms with Gasteiger partial charge in [-0.05, 0) is 60.2 Å². The van der Waals surface area contributed by atoms with Gasteiger partial charge in [0.2, 0.25) is 0 Å². The monoisotopic (exact) mass is 374 g/mol. The number of ether oxygens (including phenoxy) is 2. The number of likely N-dealkylation sites (N-methyl/N-ethyl adjacent to an activating group) is 1. The Balaban J connectivity index is 2.36. The average Bonchev–Trinajstić information content (AvgIpc) is 2.88. The molecule has 1 heterocycles. The summed E-state index contributed by atoms with van der Waals surface area (Å²) in [6.07, 6.45) is 1.71. The van der Waals surface area contributed by atoms with E-state index in [0.717, 1.165) is 16.5 Å². The predicted octanol–water partition coefficient (Wildman–Crippen LogP) is 3.90. The number of carbonyl (C=O) groups excluding carboxylic acids is 2. The van der Waals surface area contributed by atoms with Gasteiger partial charge in [0.25, 0.3) is 0 Å². The molecule has 0 saturated carbocycles. The Labute approximate surface area is 160 Å². The normalized spacial score (nSPS) is 13.4. The highest BCUT2D eigenvalue weighted by molar-refractivity contribution is 5.92. The lowest BCUT2D eigenvalue weighted by Gasteiger charge is -2.23. The van der Waals surface area contributed by atoms with Crippen molar-refractivity contribution in [2.75, 3.05) is 7.05 Å². The highest BCUT2D eigenvalue weighted by Gasteiger charge is 2.26. The fraction of sp³-hybridized carbons (Fsp3) is 0.524. The van der Waals surface area contributed by atoms with Gasteiger partial charge in [0.15, 0.2) is 0 Å². The summed E-state index contributed by atoms with van der Waals surface area (Å²) in [5.41, 5.74) is 0.478. The quantitative estimate of drug-likeness (QED) is 0.822. The number of para-hydroxylation sites is 1. The van der Waals surface area contributed by atoms with Crippen molar-refractivity contribution in [3.8, 4) is 0 Å². The molecule has 1 atom stereocenters. The molecule has 1 unspecified atom stereocenters. The molecule has 2 aromatic rings. The van der Waals surface area contributed by atoms with Crippen molar-refractivity contribution in [3.63, 3.8) is 0 Å². The van der Waals surface area contributed by atoms with Crippen LogP contribution in [0.5, 0.6) is 0 Å². The number of fused-ring (bicyclic) bond motifs is 1. The van der Waals surface area contributed by atoms with Crippen LogP contribution < -0.4 is 5.32 Å². The third-order valence-electron chi connectivity index (χ3n) is 3.85. The van der Waals surface area contributed by atoms with Crippen molar-refractivity contribution >= 4 is 23.0 Å². The number of carbonyl (C=O) groups is 2. The van der Waals surface area contributed by atoms with Crippen LogP contribution in [0, 0.1) is 0 Å². The summed E-state index contributed by atoms with van der Waals surface area (Å²) >= 11 is 0. The van der Waals surface area contributed by atoms with Crippen LogP contribution in [0.1, 0.15) is 47.1 Å². The molecule has 148 valence electrons. The van der Waals surface area contributed by atoms with E-state index in [9.17, 15) is 9.59 Å². The van der Waals surface area contributed by atoms with Crippen molar-refractivity contribution in [2.45, 2.75) is 65.2 Å². The molecule has 27 heavy (non-hydrogen) atoms. The summed E-state index contributed by atoms with van der Waals surface area (Å²) in [5, 5.41) is 3.92. The second-order valence-corrected chi connectivity index (χ2v) is 8.60. The van der Waals surface area contributed by atoms with Gasteiger partial charge in [-0.2, -0.15) is 0 Å². The van der Waals surface area contributed by atoms with Gasteiger partial charge in [-0.1, -0.05) is 18.2 Å². The van der Waals surface area contributed by atoms with Crippen LogP contribution >= 0.6 is 0 Å². The van der Waals surface area contributed by atoms with E-state index in [1.54, 1.807) is 13.2 Å². The zero-order chi connectivity index (χ0) is 20.4. The molecule has 0 bridgehead atoms. The lowest BCUT2D eigenvalue weighted by Crippen LogP contribution is -2.41. The lowest BCUT2D eigenvalue weighted by molar-refractivity contribution is -0.157. The van der Waals surface area contributed by atoms with Crippen molar-refractivity contribution < 1.29 is 19.1 Å². The maximum absolute atomic E-state index is 12.6. The molecule has 1 aromatic heterocycles. The first kappa shape index (κ1) is 21.0. The van der Waals surface area contributed by atoms with Gasteiger partial charge >= 0.3 is 12.1 Å². The second kappa shape index (κ2) is 7.72. The smallest absolute Gasteiger partial charge is 0.419 e. The second-order valence-electron chi connectivity index (χ2n) is 8.60. The number of esters is 1. The van der Waals surface area contributed by atoms with Gasteiger partial charge in [-0.25, -0.2) is 4.79 Å². The standard InChI is InChI=1S/C21H30N2O4/c1-20(2,3)26-18(24)16(22-7)12-14-13-23(19(25)27-21(4,5)6)17-11-9-8-10-15(14)17/h8-11,13,16,22H,12H2,1-7H3. The lowest BCUT2D eigenvalue weighted by atomic mass is 10.0. The van der Waals surface area contributed by atoms with E-state index in [0.29, 0.717) is 6.42 Å². The van der Waals surface area contributed by atoms with E-state index in [-0.39, 0.29) is 5.97 Å². The molecule has 0 aliphatic carbocycles. The van der Waals surface area contributed by atoms with E-state index in [4.69, 9.17) is 9.47 Å². The maximum atomic E-state index is 12.6. The summed E-state index contributed by atoms with van der Waals surface area (Å²) in [4.78, 5) is 25.1. The zero-order valence-electron chi connectivity index (χ0n) is 17.3. The third kappa shape index (κ3) is 5.57. The number of aromatic nitrogens is 1. The first-order valence-electron chi connectivity index (χ1n) is 9.14. The number of benzene rings is 1. The number of hydrogen-bond donors (Lipinski definition) is 1. The summed E-state index contributed by atoms with van der Waals surface area (Å²) in [6, 6.07) is 7.07. The SMILES string of the molecule is CNC(Cc1cn(C(=O)OC(C)(C)C)c2ccccc12)C(=O)OC(C)(C)C. The average molecular weight is 374 g/mol. The predicted molar refractivity (Wildman–Crippen MR) is 106 cm³/mol. The topological polar surface area (TPSA) is 69.6 Å². The van der Waals surface area contributed by atoms with Gasteiger partial charge in [0.05, 0.1) is 5.52 Å². The summed E-state index contributed by atoms with van der Waals surface area (Å²) in [6.45, 7) is 11.0. The Morgan fingerprint density at radius 1 is 1.04 bits per heavy atom. The van der Waals surface area contributed by atoms with Gasteiger partial charge in [-0.3, -0.25) is 9.36 Å². The molecular weight excluding hydrogens is 344 g/mol. The van der Waals surface area contributed by atoms with Gasteiger partial charge in [0.1, 0.15) is 17.2 Å². The molecule has 6 nitrogen and oxygen atoms in total. The largest absolute Gasteiger partial charge is 0.459 e.